The third-order valence-electron chi connectivity index (χ3n) is 2.87. The van der Waals surface area contributed by atoms with E-state index in [2.05, 4.69) is 18.0 Å². The van der Waals surface area contributed by atoms with Crippen molar-refractivity contribution in [2.75, 3.05) is 5.73 Å². The number of nitriles is 1. The van der Waals surface area contributed by atoms with Crippen LogP contribution >= 0.6 is 0 Å². The van der Waals surface area contributed by atoms with E-state index in [1.165, 1.54) is 0 Å². The molecule has 0 aliphatic carbocycles. The lowest BCUT2D eigenvalue weighted by atomic mass is 10.1. The molecule has 1 aromatic heterocycles. The first kappa shape index (κ1) is 12.2. The van der Waals surface area contributed by atoms with E-state index in [9.17, 15) is 0 Å². The number of hydrogen-bond donors (Lipinski definition) is 1. The van der Waals surface area contributed by atoms with Gasteiger partial charge >= 0.3 is 0 Å². The zero-order valence-corrected chi connectivity index (χ0v) is 10.4. The Morgan fingerprint density at radius 1 is 1.44 bits per heavy atom. The average Bonchev–Trinajstić information content (AvgIpc) is 2.81. The van der Waals surface area contributed by atoms with Gasteiger partial charge in [-0.1, -0.05) is 6.92 Å². The Morgan fingerprint density at radius 2 is 2.28 bits per heavy atom. The Kier molecular flexibility index (Phi) is 3.63. The number of hydrogen-bond acceptors (Lipinski definition) is 3. The van der Waals surface area contributed by atoms with Crippen molar-refractivity contribution in [3.05, 3.63) is 42.0 Å². The summed E-state index contributed by atoms with van der Waals surface area (Å²) >= 11 is 0. The molecule has 2 rings (SSSR count). The molecular weight excluding hydrogens is 224 g/mol. The van der Waals surface area contributed by atoms with Gasteiger partial charge in [0.05, 0.1) is 12.5 Å². The van der Waals surface area contributed by atoms with Gasteiger partial charge in [-0.25, -0.2) is 4.98 Å². The molecule has 18 heavy (non-hydrogen) atoms. The average molecular weight is 240 g/mol. The van der Waals surface area contributed by atoms with Crippen molar-refractivity contribution in [1.82, 2.24) is 9.55 Å². The number of benzene rings is 1. The fourth-order valence-corrected chi connectivity index (χ4v) is 1.96. The van der Waals surface area contributed by atoms with Crippen molar-refractivity contribution in [3.63, 3.8) is 0 Å². The molecule has 0 aliphatic rings. The lowest BCUT2D eigenvalue weighted by molar-refractivity contribution is 0.809. The van der Waals surface area contributed by atoms with Crippen molar-refractivity contribution in [3.8, 4) is 11.8 Å². The Bertz CT molecular complexity index is 578. The summed E-state index contributed by atoms with van der Waals surface area (Å²) in [5.74, 6) is 1.03. The third kappa shape index (κ3) is 2.35. The minimum atomic E-state index is 0.331. The van der Waals surface area contributed by atoms with E-state index in [1.807, 2.05) is 29.0 Å². The first-order valence-electron chi connectivity index (χ1n) is 6.04. The van der Waals surface area contributed by atoms with E-state index < -0.39 is 0 Å². The monoisotopic (exact) mass is 240 g/mol. The second-order valence-corrected chi connectivity index (χ2v) is 4.18. The molecule has 0 radical (unpaired) electrons. The summed E-state index contributed by atoms with van der Waals surface area (Å²) < 4.78 is 2.05. The van der Waals surface area contributed by atoms with Gasteiger partial charge in [0, 0.05) is 30.2 Å². The van der Waals surface area contributed by atoms with Gasteiger partial charge in [0.15, 0.2) is 0 Å². The van der Waals surface area contributed by atoms with E-state index in [4.69, 9.17) is 11.0 Å². The van der Waals surface area contributed by atoms with Crippen LogP contribution < -0.4 is 5.73 Å². The van der Waals surface area contributed by atoms with E-state index in [0.717, 1.165) is 29.9 Å². The first-order valence-corrected chi connectivity index (χ1v) is 6.04. The van der Waals surface area contributed by atoms with Gasteiger partial charge in [0.2, 0.25) is 0 Å². The number of nitrogens with two attached hydrogens (primary N) is 1. The lowest BCUT2D eigenvalue weighted by Crippen LogP contribution is -2.02. The molecule has 0 saturated carbocycles. The number of aromatic nitrogens is 2. The summed E-state index contributed by atoms with van der Waals surface area (Å²) in [5.41, 5.74) is 8.39. The maximum atomic E-state index is 8.78. The summed E-state index contributed by atoms with van der Waals surface area (Å²) in [7, 11) is 0. The predicted molar refractivity (Wildman–Crippen MR) is 71.3 cm³/mol. The molecule has 4 nitrogen and oxygen atoms in total. The molecule has 0 amide bonds. The molecule has 1 heterocycles. The smallest absolute Gasteiger partial charge is 0.113 e. The van der Waals surface area contributed by atoms with Crippen LogP contribution in [0.3, 0.4) is 0 Å². The normalized spacial score (nSPS) is 10.2. The quantitative estimate of drug-likeness (QED) is 0.835. The van der Waals surface area contributed by atoms with Crippen LogP contribution in [0.2, 0.25) is 0 Å². The summed E-state index contributed by atoms with van der Waals surface area (Å²) in [5, 5.41) is 8.78. The molecule has 1 aromatic carbocycles. The van der Waals surface area contributed by atoms with E-state index in [-0.39, 0.29) is 0 Å². The molecule has 2 aromatic rings. The molecule has 92 valence electrons. The standard InChI is InChI=1S/C14H16N4/c1-2-3-14-17-8-9-18(14)12-4-5-13(16)11(10-12)6-7-15/h4-5,8-10H,2-3,6,16H2,1H3. The minimum Gasteiger partial charge on any atom is -0.398 e. The van der Waals surface area contributed by atoms with Gasteiger partial charge in [0.1, 0.15) is 5.82 Å². The molecule has 2 N–H and O–H groups in total. The van der Waals surface area contributed by atoms with Gasteiger partial charge in [-0.3, -0.25) is 0 Å². The number of nitrogens with zero attached hydrogens (tertiary/aromatic N) is 3. The van der Waals surface area contributed by atoms with E-state index in [0.29, 0.717) is 12.1 Å². The largest absolute Gasteiger partial charge is 0.398 e. The van der Waals surface area contributed by atoms with Gasteiger partial charge in [-0.05, 0) is 30.2 Å². The Morgan fingerprint density at radius 3 is 3.00 bits per heavy atom. The highest BCUT2D eigenvalue weighted by atomic mass is 15.1. The maximum Gasteiger partial charge on any atom is 0.113 e. The van der Waals surface area contributed by atoms with Crippen molar-refractivity contribution >= 4 is 5.69 Å². The highest BCUT2D eigenvalue weighted by molar-refractivity contribution is 5.54. The van der Waals surface area contributed by atoms with Crippen LogP contribution in [0.25, 0.3) is 5.69 Å². The summed E-state index contributed by atoms with van der Waals surface area (Å²) in [4.78, 5) is 4.35. The van der Waals surface area contributed by atoms with Crippen LogP contribution in [0.1, 0.15) is 24.7 Å². The fraction of sp³-hybridized carbons (Fsp3) is 0.286. The van der Waals surface area contributed by atoms with Gasteiger partial charge < -0.3 is 10.3 Å². The molecule has 0 spiro atoms. The fourth-order valence-electron chi connectivity index (χ4n) is 1.96. The SMILES string of the molecule is CCCc1nccn1-c1ccc(N)c(CC#N)c1. The van der Waals surface area contributed by atoms with Gasteiger partial charge in [-0.2, -0.15) is 5.26 Å². The second-order valence-electron chi connectivity index (χ2n) is 4.18. The van der Waals surface area contributed by atoms with Gasteiger partial charge in [0.25, 0.3) is 0 Å². The zero-order chi connectivity index (χ0) is 13.0. The molecule has 0 fully saturated rings. The van der Waals surface area contributed by atoms with Crippen LogP contribution in [0, 0.1) is 11.3 Å². The Balaban J connectivity index is 2.41. The number of rotatable bonds is 4. The van der Waals surface area contributed by atoms with Crippen molar-refractivity contribution in [2.24, 2.45) is 0 Å². The van der Waals surface area contributed by atoms with Crippen molar-refractivity contribution in [1.29, 1.82) is 5.26 Å². The third-order valence-corrected chi connectivity index (χ3v) is 2.87. The van der Waals surface area contributed by atoms with Gasteiger partial charge in [-0.15, -0.1) is 0 Å². The maximum absolute atomic E-state index is 8.78. The highest BCUT2D eigenvalue weighted by Gasteiger charge is 2.06. The van der Waals surface area contributed by atoms with Crippen LogP contribution in [-0.2, 0) is 12.8 Å². The second kappa shape index (κ2) is 5.37. The van der Waals surface area contributed by atoms with Crippen LogP contribution in [0.15, 0.2) is 30.6 Å². The minimum absolute atomic E-state index is 0.331. The molecule has 0 unspecified atom stereocenters. The molecule has 0 bridgehead atoms. The molecular formula is C14H16N4. The van der Waals surface area contributed by atoms with Crippen LogP contribution in [0.5, 0.6) is 0 Å². The first-order chi connectivity index (χ1) is 8.76. The summed E-state index contributed by atoms with van der Waals surface area (Å²) in [6.07, 6.45) is 6.05. The van der Waals surface area contributed by atoms with E-state index in [1.54, 1.807) is 6.20 Å². The molecule has 0 atom stereocenters. The topological polar surface area (TPSA) is 67.6 Å². The number of aryl methyl sites for hydroxylation is 1. The molecule has 0 aliphatic heterocycles. The van der Waals surface area contributed by atoms with Crippen LogP contribution in [0.4, 0.5) is 5.69 Å². The highest BCUT2D eigenvalue weighted by Crippen LogP contribution is 2.19. The van der Waals surface area contributed by atoms with Crippen LogP contribution in [-0.4, -0.2) is 9.55 Å². The predicted octanol–water partition coefficient (Wildman–Crippen LogP) is 2.47. The summed E-state index contributed by atoms with van der Waals surface area (Å²) in [6, 6.07) is 7.89. The number of imidazole rings is 1. The number of anilines is 1. The number of nitrogen functional groups attached to an aromatic ring is 1. The molecule has 0 saturated heterocycles. The van der Waals surface area contributed by atoms with Crippen molar-refractivity contribution < 1.29 is 0 Å². The summed E-state index contributed by atoms with van der Waals surface area (Å²) in [6.45, 7) is 2.13. The van der Waals surface area contributed by atoms with Crippen molar-refractivity contribution in [2.45, 2.75) is 26.2 Å². The molecule has 4 heteroatoms. The zero-order valence-electron chi connectivity index (χ0n) is 10.4. The lowest BCUT2D eigenvalue weighted by Gasteiger charge is -2.10. The van der Waals surface area contributed by atoms with E-state index >= 15 is 0 Å². The Labute approximate surface area is 107 Å². The Hall–Kier alpha value is -2.28.